The lowest BCUT2D eigenvalue weighted by Gasteiger charge is -2.07. The van der Waals surface area contributed by atoms with E-state index in [2.05, 4.69) is 10.1 Å². The van der Waals surface area contributed by atoms with Crippen LogP contribution in [0.15, 0.2) is 18.2 Å². The second kappa shape index (κ2) is 4.98. The molecular formula is C13H14ClNO3. The first-order valence-corrected chi connectivity index (χ1v) is 6.09. The van der Waals surface area contributed by atoms with E-state index in [-0.39, 0.29) is 17.4 Å². The predicted molar refractivity (Wildman–Crippen MR) is 68.7 cm³/mol. The van der Waals surface area contributed by atoms with E-state index >= 15 is 0 Å². The number of ether oxygens (including phenoxy) is 1. The molecule has 1 N–H and O–H groups in total. The fraction of sp³-hybridized carbons (Fsp3) is 0.385. The lowest BCUT2D eigenvalue weighted by molar-refractivity contribution is -0.117. The molecule has 1 aromatic rings. The third-order valence-electron chi connectivity index (χ3n) is 3.09. The number of hydrogen-bond donors (Lipinski definition) is 1. The van der Waals surface area contributed by atoms with Crippen LogP contribution in [0.25, 0.3) is 0 Å². The van der Waals surface area contributed by atoms with Gasteiger partial charge in [-0.1, -0.05) is 18.5 Å². The van der Waals surface area contributed by atoms with Crippen LogP contribution >= 0.6 is 11.6 Å². The van der Waals surface area contributed by atoms with E-state index in [9.17, 15) is 9.59 Å². The molecule has 1 saturated carbocycles. The Kier molecular flexibility index (Phi) is 3.57. The normalized spacial score (nSPS) is 21.3. The first-order chi connectivity index (χ1) is 8.52. The Bertz CT molecular complexity index is 501. The zero-order valence-electron chi connectivity index (χ0n) is 10.2. The minimum absolute atomic E-state index is 0.0133. The summed E-state index contributed by atoms with van der Waals surface area (Å²) >= 11 is 5.89. The summed E-state index contributed by atoms with van der Waals surface area (Å²) < 4.78 is 4.62. The van der Waals surface area contributed by atoms with Crippen LogP contribution < -0.4 is 5.32 Å². The van der Waals surface area contributed by atoms with Crippen molar-refractivity contribution in [1.29, 1.82) is 0 Å². The van der Waals surface area contributed by atoms with Crippen LogP contribution in [0, 0.1) is 11.8 Å². The summed E-state index contributed by atoms with van der Waals surface area (Å²) in [4.78, 5) is 23.2. The number of benzene rings is 1. The van der Waals surface area contributed by atoms with E-state index in [1.807, 2.05) is 6.92 Å². The van der Waals surface area contributed by atoms with E-state index in [0.717, 1.165) is 6.42 Å². The lowest BCUT2D eigenvalue weighted by atomic mass is 10.2. The molecule has 0 heterocycles. The van der Waals surface area contributed by atoms with Crippen LogP contribution in [0.2, 0.25) is 5.02 Å². The molecule has 1 aliphatic carbocycles. The van der Waals surface area contributed by atoms with Gasteiger partial charge in [-0.25, -0.2) is 4.79 Å². The average Bonchev–Trinajstić information content (AvgIpc) is 3.08. The first-order valence-electron chi connectivity index (χ1n) is 5.71. The van der Waals surface area contributed by atoms with Gasteiger partial charge in [-0.3, -0.25) is 4.79 Å². The Morgan fingerprint density at radius 2 is 2.11 bits per heavy atom. The summed E-state index contributed by atoms with van der Waals surface area (Å²) in [7, 11) is 1.29. The van der Waals surface area contributed by atoms with Crippen molar-refractivity contribution in [2.45, 2.75) is 13.3 Å². The monoisotopic (exact) mass is 267 g/mol. The van der Waals surface area contributed by atoms with Crippen molar-refractivity contribution < 1.29 is 14.3 Å². The summed E-state index contributed by atoms with van der Waals surface area (Å²) in [5.74, 6) is -0.00356. The number of carbonyl (C=O) groups excluding carboxylic acids is 2. The van der Waals surface area contributed by atoms with Gasteiger partial charge in [0.15, 0.2) is 0 Å². The molecule has 0 saturated heterocycles. The first kappa shape index (κ1) is 12.9. The maximum absolute atomic E-state index is 11.8. The van der Waals surface area contributed by atoms with Crippen LogP contribution in [-0.2, 0) is 9.53 Å². The van der Waals surface area contributed by atoms with Crippen molar-refractivity contribution in [3.05, 3.63) is 28.8 Å². The quantitative estimate of drug-likeness (QED) is 0.857. The van der Waals surface area contributed by atoms with Gasteiger partial charge in [0.05, 0.1) is 17.7 Å². The Labute approximate surface area is 110 Å². The Morgan fingerprint density at radius 3 is 2.67 bits per heavy atom. The molecule has 0 aromatic heterocycles. The molecule has 4 nitrogen and oxygen atoms in total. The van der Waals surface area contributed by atoms with E-state index in [1.165, 1.54) is 13.2 Å². The van der Waals surface area contributed by atoms with Crippen LogP contribution in [0.4, 0.5) is 5.69 Å². The Balaban J connectivity index is 2.14. The van der Waals surface area contributed by atoms with Gasteiger partial charge >= 0.3 is 5.97 Å². The van der Waals surface area contributed by atoms with E-state index < -0.39 is 5.97 Å². The number of anilines is 1. The van der Waals surface area contributed by atoms with Crippen molar-refractivity contribution in [3.63, 3.8) is 0 Å². The van der Waals surface area contributed by atoms with Gasteiger partial charge in [0.1, 0.15) is 0 Å². The largest absolute Gasteiger partial charge is 0.465 e. The number of amides is 1. The molecule has 1 aliphatic rings. The Morgan fingerprint density at radius 1 is 1.44 bits per heavy atom. The van der Waals surface area contributed by atoms with Crippen molar-refractivity contribution in [2.75, 3.05) is 12.4 Å². The maximum atomic E-state index is 11.8. The van der Waals surface area contributed by atoms with Gasteiger partial charge in [0.25, 0.3) is 0 Å². The fourth-order valence-electron chi connectivity index (χ4n) is 1.79. The minimum atomic E-state index is -0.518. The summed E-state index contributed by atoms with van der Waals surface area (Å²) in [6, 6.07) is 4.76. The highest BCUT2D eigenvalue weighted by atomic mass is 35.5. The van der Waals surface area contributed by atoms with Gasteiger partial charge < -0.3 is 10.1 Å². The molecule has 0 radical (unpaired) electrons. The second-order valence-electron chi connectivity index (χ2n) is 4.49. The van der Waals surface area contributed by atoms with Gasteiger partial charge in [-0.05, 0) is 30.5 Å². The molecule has 0 unspecified atom stereocenters. The molecule has 2 atom stereocenters. The number of hydrogen-bond acceptors (Lipinski definition) is 3. The SMILES string of the molecule is COC(=O)c1cc(NC(=O)[C@@H]2C[C@H]2C)ccc1Cl. The van der Waals surface area contributed by atoms with Gasteiger partial charge in [0, 0.05) is 11.6 Å². The maximum Gasteiger partial charge on any atom is 0.339 e. The van der Waals surface area contributed by atoms with Gasteiger partial charge in [-0.2, -0.15) is 0 Å². The summed E-state index contributed by atoms with van der Waals surface area (Å²) in [6.07, 6.45) is 0.920. The summed E-state index contributed by atoms with van der Waals surface area (Å²) in [6.45, 7) is 2.03. The molecule has 1 fully saturated rings. The number of esters is 1. The average molecular weight is 268 g/mol. The van der Waals surface area contributed by atoms with E-state index in [0.29, 0.717) is 16.6 Å². The van der Waals surface area contributed by atoms with Crippen molar-refractivity contribution in [3.8, 4) is 0 Å². The zero-order chi connectivity index (χ0) is 13.3. The Hall–Kier alpha value is -1.55. The van der Waals surface area contributed by atoms with E-state index in [1.54, 1.807) is 12.1 Å². The van der Waals surface area contributed by atoms with Gasteiger partial charge in [0.2, 0.25) is 5.91 Å². The molecule has 0 bridgehead atoms. The van der Waals surface area contributed by atoms with Crippen molar-refractivity contribution >= 4 is 29.2 Å². The smallest absolute Gasteiger partial charge is 0.339 e. The molecule has 1 amide bonds. The number of carbonyl (C=O) groups is 2. The predicted octanol–water partition coefficient (Wildman–Crippen LogP) is 2.72. The molecule has 96 valence electrons. The highest BCUT2D eigenvalue weighted by molar-refractivity contribution is 6.33. The van der Waals surface area contributed by atoms with Crippen molar-refractivity contribution in [2.24, 2.45) is 11.8 Å². The van der Waals surface area contributed by atoms with Crippen LogP contribution in [0.1, 0.15) is 23.7 Å². The molecular weight excluding hydrogens is 254 g/mol. The van der Waals surface area contributed by atoms with Gasteiger partial charge in [-0.15, -0.1) is 0 Å². The van der Waals surface area contributed by atoms with Crippen LogP contribution in [-0.4, -0.2) is 19.0 Å². The molecule has 18 heavy (non-hydrogen) atoms. The second-order valence-corrected chi connectivity index (χ2v) is 4.90. The highest BCUT2D eigenvalue weighted by Crippen LogP contribution is 2.38. The molecule has 0 spiro atoms. The van der Waals surface area contributed by atoms with E-state index in [4.69, 9.17) is 11.6 Å². The molecule has 1 aromatic carbocycles. The number of rotatable bonds is 3. The number of halogens is 1. The topological polar surface area (TPSA) is 55.4 Å². The van der Waals surface area contributed by atoms with Crippen LogP contribution in [0.5, 0.6) is 0 Å². The number of methoxy groups -OCH3 is 1. The molecule has 5 heteroatoms. The minimum Gasteiger partial charge on any atom is -0.465 e. The fourth-order valence-corrected chi connectivity index (χ4v) is 1.99. The standard InChI is InChI=1S/C13H14ClNO3/c1-7-5-9(7)12(16)15-8-3-4-11(14)10(6-8)13(17)18-2/h3-4,6-7,9H,5H2,1-2H3,(H,15,16)/t7-,9-/m1/s1. The summed E-state index contributed by atoms with van der Waals surface area (Å²) in [5.41, 5.74) is 0.810. The highest BCUT2D eigenvalue weighted by Gasteiger charge is 2.39. The van der Waals surface area contributed by atoms with Crippen molar-refractivity contribution in [1.82, 2.24) is 0 Å². The summed E-state index contributed by atoms with van der Waals surface area (Å²) in [5, 5.41) is 3.08. The third-order valence-corrected chi connectivity index (χ3v) is 3.42. The third kappa shape index (κ3) is 2.64. The zero-order valence-corrected chi connectivity index (χ0v) is 11.0. The number of nitrogens with one attached hydrogen (secondary N) is 1. The van der Waals surface area contributed by atoms with Crippen LogP contribution in [0.3, 0.4) is 0 Å². The molecule has 2 rings (SSSR count). The lowest BCUT2D eigenvalue weighted by Crippen LogP contribution is -2.15. The molecule has 0 aliphatic heterocycles.